The molecule has 2 rings (SSSR count). The molecule has 0 aliphatic rings. The zero-order valence-electron chi connectivity index (χ0n) is 9.97. The molecular weight excluding hydrogens is 204 g/mol. The van der Waals surface area contributed by atoms with E-state index < -0.39 is 0 Å². The second kappa shape index (κ2) is 6.05. The number of unbranched alkanes of at least 4 members (excludes halogenated alkanes) is 1. The van der Waals surface area contributed by atoms with Gasteiger partial charge in [0.1, 0.15) is 0 Å². The molecule has 0 aliphatic carbocycles. The third-order valence-electron chi connectivity index (χ3n) is 2.72. The predicted octanol–water partition coefficient (Wildman–Crippen LogP) is 4.73. The SMILES string of the molecule is [CH2]CCC=C(c1ccccc1)c1ccccc1. The van der Waals surface area contributed by atoms with Crippen LogP contribution in [-0.4, -0.2) is 0 Å². The summed E-state index contributed by atoms with van der Waals surface area (Å²) in [6.07, 6.45) is 4.22. The molecule has 0 amide bonds. The second-order valence-electron chi connectivity index (χ2n) is 3.99. The Kier molecular flexibility index (Phi) is 4.15. The van der Waals surface area contributed by atoms with Crippen LogP contribution in [0, 0.1) is 6.92 Å². The van der Waals surface area contributed by atoms with Gasteiger partial charge in [0.25, 0.3) is 0 Å². The normalized spacial score (nSPS) is 9.94. The maximum absolute atomic E-state index is 3.90. The molecular formula is C17H17. The average Bonchev–Trinajstić information content (AvgIpc) is 2.42. The Hall–Kier alpha value is -1.82. The van der Waals surface area contributed by atoms with Crippen LogP contribution in [0.15, 0.2) is 66.7 Å². The van der Waals surface area contributed by atoms with E-state index in [4.69, 9.17) is 0 Å². The number of benzene rings is 2. The first-order chi connectivity index (χ1) is 8.42. The van der Waals surface area contributed by atoms with Gasteiger partial charge >= 0.3 is 0 Å². The fourth-order valence-corrected chi connectivity index (χ4v) is 1.88. The van der Waals surface area contributed by atoms with Gasteiger partial charge in [0.2, 0.25) is 0 Å². The average molecular weight is 221 g/mol. The lowest BCUT2D eigenvalue weighted by Crippen LogP contribution is -1.87. The molecule has 0 heteroatoms. The lowest BCUT2D eigenvalue weighted by Gasteiger charge is -2.08. The quantitative estimate of drug-likeness (QED) is 0.700. The molecule has 0 nitrogen and oxygen atoms in total. The molecule has 0 aliphatic heterocycles. The van der Waals surface area contributed by atoms with Crippen molar-refractivity contribution in [3.63, 3.8) is 0 Å². The van der Waals surface area contributed by atoms with Crippen molar-refractivity contribution in [3.8, 4) is 0 Å². The molecule has 1 radical (unpaired) electrons. The van der Waals surface area contributed by atoms with Crippen LogP contribution >= 0.6 is 0 Å². The van der Waals surface area contributed by atoms with Gasteiger partial charge in [0.15, 0.2) is 0 Å². The van der Waals surface area contributed by atoms with E-state index in [2.05, 4.69) is 61.5 Å². The summed E-state index contributed by atoms with van der Waals surface area (Å²) >= 11 is 0. The molecule has 2 aromatic rings. The van der Waals surface area contributed by atoms with E-state index in [0.29, 0.717) is 0 Å². The summed E-state index contributed by atoms with van der Waals surface area (Å²) in [5.74, 6) is 0. The van der Waals surface area contributed by atoms with Crippen LogP contribution in [0.5, 0.6) is 0 Å². The van der Waals surface area contributed by atoms with E-state index in [1.807, 2.05) is 12.1 Å². The van der Waals surface area contributed by atoms with Gasteiger partial charge in [-0.15, -0.1) is 0 Å². The Bertz CT molecular complexity index is 424. The van der Waals surface area contributed by atoms with Gasteiger partial charge in [-0.2, -0.15) is 0 Å². The number of hydrogen-bond donors (Lipinski definition) is 0. The lowest BCUT2D eigenvalue weighted by atomic mass is 9.97. The topological polar surface area (TPSA) is 0 Å². The summed E-state index contributed by atoms with van der Waals surface area (Å²) in [4.78, 5) is 0. The highest BCUT2D eigenvalue weighted by Gasteiger charge is 2.02. The number of allylic oxidation sites excluding steroid dienone is 1. The fourth-order valence-electron chi connectivity index (χ4n) is 1.88. The van der Waals surface area contributed by atoms with Gasteiger partial charge in [0, 0.05) is 0 Å². The van der Waals surface area contributed by atoms with Crippen molar-refractivity contribution in [2.45, 2.75) is 12.8 Å². The van der Waals surface area contributed by atoms with Crippen LogP contribution in [0.3, 0.4) is 0 Å². The van der Waals surface area contributed by atoms with Crippen LogP contribution in [-0.2, 0) is 0 Å². The van der Waals surface area contributed by atoms with Gasteiger partial charge in [-0.3, -0.25) is 0 Å². The third kappa shape index (κ3) is 3.07. The third-order valence-corrected chi connectivity index (χ3v) is 2.72. The molecule has 0 saturated carbocycles. The van der Waals surface area contributed by atoms with Gasteiger partial charge in [-0.05, 0) is 29.5 Å². The maximum atomic E-state index is 3.90. The summed E-state index contributed by atoms with van der Waals surface area (Å²) in [5.41, 5.74) is 3.84. The molecule has 85 valence electrons. The highest BCUT2D eigenvalue weighted by molar-refractivity contribution is 5.79. The standard InChI is InChI=1S/C17H17/c1-2-3-14-17(15-10-6-4-7-11-15)16-12-8-5-9-13-16/h4-14H,1-3H2. The minimum atomic E-state index is 0.934. The van der Waals surface area contributed by atoms with E-state index in [1.54, 1.807) is 0 Å². The molecule has 0 aromatic heterocycles. The summed E-state index contributed by atoms with van der Waals surface area (Å²) < 4.78 is 0. The van der Waals surface area contributed by atoms with Gasteiger partial charge < -0.3 is 0 Å². The Morgan fingerprint density at radius 3 is 1.71 bits per heavy atom. The van der Waals surface area contributed by atoms with Crippen molar-refractivity contribution in [2.75, 3.05) is 0 Å². The minimum Gasteiger partial charge on any atom is -0.0761 e. The highest BCUT2D eigenvalue weighted by atomic mass is 14.1. The molecule has 0 bridgehead atoms. The van der Waals surface area contributed by atoms with Gasteiger partial charge in [-0.25, -0.2) is 0 Å². The summed E-state index contributed by atoms with van der Waals surface area (Å²) in [6, 6.07) is 21.0. The molecule has 17 heavy (non-hydrogen) atoms. The Balaban J connectivity index is 2.40. The monoisotopic (exact) mass is 221 g/mol. The molecule has 0 spiro atoms. The first kappa shape index (κ1) is 11.7. The molecule has 0 unspecified atom stereocenters. The minimum absolute atomic E-state index is 0.934. The molecule has 0 saturated heterocycles. The molecule has 0 N–H and O–H groups in total. The van der Waals surface area contributed by atoms with Gasteiger partial charge in [0.05, 0.1) is 0 Å². The Labute approximate surface area is 104 Å². The predicted molar refractivity (Wildman–Crippen MR) is 74.6 cm³/mol. The number of rotatable bonds is 4. The van der Waals surface area contributed by atoms with Crippen molar-refractivity contribution in [3.05, 3.63) is 84.8 Å². The van der Waals surface area contributed by atoms with Crippen molar-refractivity contribution >= 4 is 5.57 Å². The second-order valence-corrected chi connectivity index (χ2v) is 3.99. The molecule has 0 heterocycles. The molecule has 0 fully saturated rings. The molecule has 0 atom stereocenters. The van der Waals surface area contributed by atoms with E-state index in [9.17, 15) is 0 Å². The van der Waals surface area contributed by atoms with E-state index >= 15 is 0 Å². The van der Waals surface area contributed by atoms with Crippen LogP contribution in [0.2, 0.25) is 0 Å². The van der Waals surface area contributed by atoms with Crippen LogP contribution in [0.25, 0.3) is 5.57 Å². The summed E-state index contributed by atoms with van der Waals surface area (Å²) in [5, 5.41) is 0. The fraction of sp³-hybridized carbons (Fsp3) is 0.118. The summed E-state index contributed by atoms with van der Waals surface area (Å²) in [7, 11) is 0. The van der Waals surface area contributed by atoms with E-state index in [-0.39, 0.29) is 0 Å². The van der Waals surface area contributed by atoms with Crippen molar-refractivity contribution in [2.24, 2.45) is 0 Å². The van der Waals surface area contributed by atoms with Crippen molar-refractivity contribution in [1.29, 1.82) is 0 Å². The van der Waals surface area contributed by atoms with Crippen LogP contribution in [0.4, 0.5) is 0 Å². The first-order valence-electron chi connectivity index (χ1n) is 6.02. The highest BCUT2D eigenvalue weighted by Crippen LogP contribution is 2.23. The smallest absolute Gasteiger partial charge is 0.0151 e. The van der Waals surface area contributed by atoms with E-state index in [0.717, 1.165) is 12.8 Å². The molecule has 2 aromatic carbocycles. The first-order valence-corrected chi connectivity index (χ1v) is 6.02. The summed E-state index contributed by atoms with van der Waals surface area (Å²) in [6.45, 7) is 3.90. The van der Waals surface area contributed by atoms with Gasteiger partial charge in [-0.1, -0.05) is 73.7 Å². The zero-order chi connectivity index (χ0) is 11.9. The van der Waals surface area contributed by atoms with Crippen molar-refractivity contribution in [1.82, 2.24) is 0 Å². The maximum Gasteiger partial charge on any atom is -0.0151 e. The van der Waals surface area contributed by atoms with Crippen molar-refractivity contribution < 1.29 is 0 Å². The zero-order valence-corrected chi connectivity index (χ0v) is 9.97. The Morgan fingerprint density at radius 1 is 0.824 bits per heavy atom. The number of hydrogen-bond acceptors (Lipinski definition) is 0. The van der Waals surface area contributed by atoms with Crippen LogP contribution < -0.4 is 0 Å². The van der Waals surface area contributed by atoms with Crippen LogP contribution in [0.1, 0.15) is 24.0 Å². The Morgan fingerprint density at radius 2 is 1.29 bits per heavy atom. The van der Waals surface area contributed by atoms with E-state index in [1.165, 1.54) is 16.7 Å². The lowest BCUT2D eigenvalue weighted by molar-refractivity contribution is 1.05. The largest absolute Gasteiger partial charge is 0.0761 e.